The molecule has 0 atom stereocenters. The van der Waals surface area contributed by atoms with Gasteiger partial charge in [-0.15, -0.1) is 0 Å². The van der Waals surface area contributed by atoms with E-state index in [4.69, 9.17) is 10.00 Å². The number of rotatable bonds is 4. The Bertz CT molecular complexity index is 334. The van der Waals surface area contributed by atoms with Crippen molar-refractivity contribution in [3.8, 4) is 6.07 Å². The summed E-state index contributed by atoms with van der Waals surface area (Å²) in [5.41, 5.74) is 1.89. The fraction of sp³-hybridized carbons (Fsp3) is 0.545. The SMILES string of the molecule is COCCc1ccc(C#N)n1C(C)C. The van der Waals surface area contributed by atoms with Crippen LogP contribution in [0.1, 0.15) is 31.3 Å². The zero-order chi connectivity index (χ0) is 10.6. The van der Waals surface area contributed by atoms with E-state index >= 15 is 0 Å². The standard InChI is InChI=1S/C11H16N2O/c1-9(2)13-10(6-7-14-3)4-5-11(13)8-12/h4-5,9H,6-7H2,1-3H3. The summed E-state index contributed by atoms with van der Waals surface area (Å²) in [4.78, 5) is 0. The molecule has 76 valence electrons. The van der Waals surface area contributed by atoms with E-state index in [1.165, 1.54) is 5.69 Å². The Balaban J connectivity index is 2.94. The molecule has 0 spiro atoms. The van der Waals surface area contributed by atoms with Crippen LogP contribution in [-0.4, -0.2) is 18.3 Å². The Hall–Kier alpha value is -1.27. The van der Waals surface area contributed by atoms with E-state index in [-0.39, 0.29) is 0 Å². The van der Waals surface area contributed by atoms with Gasteiger partial charge in [-0.05, 0) is 26.0 Å². The third-order valence-electron chi connectivity index (χ3n) is 2.20. The molecular weight excluding hydrogens is 176 g/mol. The highest BCUT2D eigenvalue weighted by atomic mass is 16.5. The number of hydrogen-bond acceptors (Lipinski definition) is 2. The molecule has 0 aliphatic heterocycles. The molecule has 1 aromatic heterocycles. The van der Waals surface area contributed by atoms with Crippen molar-refractivity contribution in [2.24, 2.45) is 0 Å². The molecule has 0 unspecified atom stereocenters. The molecule has 0 N–H and O–H groups in total. The molecule has 0 aliphatic rings. The maximum Gasteiger partial charge on any atom is 0.120 e. The number of methoxy groups -OCH3 is 1. The van der Waals surface area contributed by atoms with Gasteiger partial charge in [0, 0.05) is 25.3 Å². The van der Waals surface area contributed by atoms with Gasteiger partial charge >= 0.3 is 0 Å². The van der Waals surface area contributed by atoms with E-state index in [9.17, 15) is 0 Å². The van der Waals surface area contributed by atoms with Crippen LogP contribution in [0.2, 0.25) is 0 Å². The first-order chi connectivity index (χ1) is 6.70. The smallest absolute Gasteiger partial charge is 0.120 e. The fourth-order valence-corrected chi connectivity index (χ4v) is 1.60. The quantitative estimate of drug-likeness (QED) is 0.733. The molecular formula is C11H16N2O. The average Bonchev–Trinajstić information content (AvgIpc) is 2.57. The summed E-state index contributed by atoms with van der Waals surface area (Å²) in [7, 11) is 1.69. The van der Waals surface area contributed by atoms with Gasteiger partial charge in [-0.25, -0.2) is 0 Å². The van der Waals surface area contributed by atoms with Crippen molar-refractivity contribution >= 4 is 0 Å². The molecule has 0 radical (unpaired) electrons. The molecule has 1 aromatic rings. The van der Waals surface area contributed by atoms with Crippen molar-refractivity contribution in [1.29, 1.82) is 5.26 Å². The minimum absolute atomic E-state index is 0.325. The average molecular weight is 192 g/mol. The lowest BCUT2D eigenvalue weighted by molar-refractivity contribution is 0.200. The largest absolute Gasteiger partial charge is 0.384 e. The summed E-state index contributed by atoms with van der Waals surface area (Å²) in [6.07, 6.45) is 0.857. The van der Waals surface area contributed by atoms with E-state index in [0.717, 1.165) is 12.1 Å². The van der Waals surface area contributed by atoms with E-state index in [1.54, 1.807) is 7.11 Å². The molecule has 3 nitrogen and oxygen atoms in total. The van der Waals surface area contributed by atoms with Gasteiger partial charge in [0.05, 0.1) is 6.61 Å². The zero-order valence-corrected chi connectivity index (χ0v) is 8.95. The highest BCUT2D eigenvalue weighted by molar-refractivity contribution is 5.27. The van der Waals surface area contributed by atoms with Crippen LogP contribution in [0.3, 0.4) is 0 Å². The normalized spacial score (nSPS) is 10.5. The summed E-state index contributed by atoms with van der Waals surface area (Å²) in [6, 6.07) is 6.39. The van der Waals surface area contributed by atoms with Crippen LogP contribution in [0.4, 0.5) is 0 Å². The van der Waals surface area contributed by atoms with E-state index < -0.39 is 0 Å². The highest BCUT2D eigenvalue weighted by Gasteiger charge is 2.09. The predicted molar refractivity (Wildman–Crippen MR) is 55.1 cm³/mol. The van der Waals surface area contributed by atoms with E-state index in [0.29, 0.717) is 12.6 Å². The highest BCUT2D eigenvalue weighted by Crippen LogP contribution is 2.16. The van der Waals surface area contributed by atoms with Crippen LogP contribution in [-0.2, 0) is 11.2 Å². The van der Waals surface area contributed by atoms with Gasteiger partial charge in [0.15, 0.2) is 0 Å². The van der Waals surface area contributed by atoms with E-state index in [1.807, 2.05) is 12.1 Å². The summed E-state index contributed by atoms with van der Waals surface area (Å²) < 4.78 is 7.08. The fourth-order valence-electron chi connectivity index (χ4n) is 1.60. The van der Waals surface area contributed by atoms with Crippen LogP contribution in [0.25, 0.3) is 0 Å². The molecule has 1 heterocycles. The molecule has 0 aromatic carbocycles. The van der Waals surface area contributed by atoms with Crippen LogP contribution < -0.4 is 0 Å². The molecule has 0 bridgehead atoms. The Morgan fingerprint density at radius 2 is 2.21 bits per heavy atom. The number of nitriles is 1. The lowest BCUT2D eigenvalue weighted by Gasteiger charge is -2.13. The minimum atomic E-state index is 0.325. The van der Waals surface area contributed by atoms with Crippen molar-refractivity contribution in [3.63, 3.8) is 0 Å². The first-order valence-corrected chi connectivity index (χ1v) is 4.79. The topological polar surface area (TPSA) is 37.9 Å². The predicted octanol–water partition coefficient (Wildman–Crippen LogP) is 2.13. The van der Waals surface area contributed by atoms with Crippen LogP contribution >= 0.6 is 0 Å². The van der Waals surface area contributed by atoms with Gasteiger partial charge in [0.25, 0.3) is 0 Å². The number of aromatic nitrogens is 1. The lowest BCUT2D eigenvalue weighted by Crippen LogP contribution is -2.09. The van der Waals surface area contributed by atoms with Gasteiger partial charge in [-0.2, -0.15) is 5.26 Å². The maximum absolute atomic E-state index is 8.90. The summed E-state index contributed by atoms with van der Waals surface area (Å²) in [6.45, 7) is 4.86. The summed E-state index contributed by atoms with van der Waals surface area (Å²) >= 11 is 0. The van der Waals surface area contributed by atoms with Gasteiger partial charge in [0.2, 0.25) is 0 Å². The van der Waals surface area contributed by atoms with Gasteiger partial charge in [-0.3, -0.25) is 0 Å². The Kier molecular flexibility index (Phi) is 3.73. The lowest BCUT2D eigenvalue weighted by atomic mass is 10.3. The first kappa shape index (κ1) is 10.8. The Labute approximate surface area is 84.9 Å². The third kappa shape index (κ3) is 2.15. The van der Waals surface area contributed by atoms with Gasteiger partial charge in [0.1, 0.15) is 11.8 Å². The second-order valence-electron chi connectivity index (χ2n) is 3.53. The Morgan fingerprint density at radius 1 is 1.50 bits per heavy atom. The van der Waals surface area contributed by atoms with Crippen molar-refractivity contribution in [2.45, 2.75) is 26.3 Å². The van der Waals surface area contributed by atoms with Crippen LogP contribution in [0.5, 0.6) is 0 Å². The second-order valence-corrected chi connectivity index (χ2v) is 3.53. The van der Waals surface area contributed by atoms with E-state index in [2.05, 4.69) is 24.5 Å². The molecule has 0 fully saturated rings. The molecule has 3 heteroatoms. The number of hydrogen-bond donors (Lipinski definition) is 0. The van der Waals surface area contributed by atoms with Crippen molar-refractivity contribution in [2.75, 3.05) is 13.7 Å². The van der Waals surface area contributed by atoms with Crippen molar-refractivity contribution < 1.29 is 4.74 Å². The first-order valence-electron chi connectivity index (χ1n) is 4.79. The maximum atomic E-state index is 8.90. The minimum Gasteiger partial charge on any atom is -0.384 e. The van der Waals surface area contributed by atoms with Crippen LogP contribution in [0, 0.1) is 11.3 Å². The zero-order valence-electron chi connectivity index (χ0n) is 8.95. The molecule has 0 saturated carbocycles. The van der Waals surface area contributed by atoms with Gasteiger partial charge < -0.3 is 9.30 Å². The molecule has 14 heavy (non-hydrogen) atoms. The van der Waals surface area contributed by atoms with Crippen LogP contribution in [0.15, 0.2) is 12.1 Å². The number of nitrogens with zero attached hydrogens (tertiary/aromatic N) is 2. The third-order valence-corrected chi connectivity index (χ3v) is 2.20. The number of ether oxygens (including phenoxy) is 1. The molecule has 0 amide bonds. The molecule has 0 aliphatic carbocycles. The molecule has 0 saturated heterocycles. The van der Waals surface area contributed by atoms with Crippen molar-refractivity contribution in [1.82, 2.24) is 4.57 Å². The Morgan fingerprint density at radius 3 is 2.71 bits per heavy atom. The summed E-state index contributed by atoms with van der Waals surface area (Å²) in [5.74, 6) is 0. The molecule has 1 rings (SSSR count). The monoisotopic (exact) mass is 192 g/mol. The second kappa shape index (κ2) is 4.83. The summed E-state index contributed by atoms with van der Waals surface area (Å²) in [5, 5.41) is 8.90. The van der Waals surface area contributed by atoms with Gasteiger partial charge in [-0.1, -0.05) is 0 Å². The van der Waals surface area contributed by atoms with Crippen molar-refractivity contribution in [3.05, 3.63) is 23.5 Å².